The van der Waals surface area contributed by atoms with Crippen LogP contribution in [0.4, 0.5) is 0 Å². The summed E-state index contributed by atoms with van der Waals surface area (Å²) < 4.78 is 35.1. The van der Waals surface area contributed by atoms with Crippen molar-refractivity contribution in [3.8, 4) is 37.0 Å². The predicted octanol–water partition coefficient (Wildman–Crippen LogP) is 2.97. The fourth-order valence-corrected chi connectivity index (χ4v) is 3.68. The van der Waals surface area contributed by atoms with E-state index in [0.29, 0.717) is 6.61 Å². The summed E-state index contributed by atoms with van der Waals surface area (Å²) in [5.41, 5.74) is 2.40. The molecule has 6 nitrogen and oxygen atoms in total. The van der Waals surface area contributed by atoms with Crippen molar-refractivity contribution in [2.75, 3.05) is 33.5 Å². The normalized spacial score (nSPS) is 24.5. The number of ether oxygens (including phenoxy) is 6. The molecule has 1 heterocycles. The van der Waals surface area contributed by atoms with Crippen LogP contribution in [0.25, 0.3) is 0 Å². The lowest BCUT2D eigenvalue weighted by atomic mass is 9.98. The van der Waals surface area contributed by atoms with Crippen molar-refractivity contribution >= 4 is 0 Å². The minimum absolute atomic E-state index is 0.0566. The highest BCUT2D eigenvalue weighted by Gasteiger charge is 2.48. The fraction of sp³-hybridized carbons (Fsp3) is 0.556. The van der Waals surface area contributed by atoms with Gasteiger partial charge in [0.15, 0.2) is 6.29 Å². The van der Waals surface area contributed by atoms with Gasteiger partial charge in [-0.3, -0.25) is 0 Å². The van der Waals surface area contributed by atoms with Gasteiger partial charge < -0.3 is 28.4 Å². The number of aryl methyl sites for hydroxylation is 1. The lowest BCUT2D eigenvalue weighted by molar-refractivity contribution is -0.314. The Morgan fingerprint density at radius 2 is 1.42 bits per heavy atom. The number of hydrogen-bond acceptors (Lipinski definition) is 6. The van der Waals surface area contributed by atoms with Gasteiger partial charge in [0.1, 0.15) is 44.2 Å². The number of methoxy groups -OCH3 is 1. The van der Waals surface area contributed by atoms with E-state index in [4.69, 9.17) is 47.7 Å². The molecule has 0 radical (unpaired) electrons. The maximum atomic E-state index is 6.10. The first kappa shape index (κ1) is 26.9. The van der Waals surface area contributed by atoms with Gasteiger partial charge in [-0.05, 0) is 24.0 Å². The molecule has 0 aromatic heterocycles. The molecule has 1 aromatic rings. The maximum Gasteiger partial charge on any atom is 0.186 e. The molecule has 33 heavy (non-hydrogen) atoms. The average molecular weight is 455 g/mol. The van der Waals surface area contributed by atoms with Crippen LogP contribution in [0.1, 0.15) is 30.9 Å². The van der Waals surface area contributed by atoms with Crippen molar-refractivity contribution < 1.29 is 28.4 Å². The minimum atomic E-state index is -0.738. The van der Waals surface area contributed by atoms with Crippen LogP contribution in [0.5, 0.6) is 0 Å². The maximum absolute atomic E-state index is 6.10. The van der Waals surface area contributed by atoms with Gasteiger partial charge in [0.25, 0.3) is 0 Å². The van der Waals surface area contributed by atoms with Gasteiger partial charge in [0.2, 0.25) is 0 Å². The molecule has 2 rings (SSSR count). The van der Waals surface area contributed by atoms with Gasteiger partial charge in [-0.1, -0.05) is 55.4 Å². The van der Waals surface area contributed by atoms with E-state index in [1.807, 2.05) is 0 Å². The van der Waals surface area contributed by atoms with Crippen LogP contribution in [-0.4, -0.2) is 64.2 Å². The molecule has 1 saturated heterocycles. The summed E-state index contributed by atoms with van der Waals surface area (Å²) in [6.45, 7) is 3.05. The second-order valence-corrected chi connectivity index (χ2v) is 7.65. The highest BCUT2D eigenvalue weighted by molar-refractivity contribution is 5.22. The highest BCUT2D eigenvalue weighted by atomic mass is 16.7. The van der Waals surface area contributed by atoms with Crippen molar-refractivity contribution in [2.24, 2.45) is 0 Å². The number of unbranched alkanes of at least 4 members (excludes halogenated alkanes) is 1. The quantitative estimate of drug-likeness (QED) is 0.403. The number of benzene rings is 1. The SMILES string of the molecule is C#CCO[C@@H]1[C@H](OCC#C)[C@@H](OC)O[C@H](COCc2ccc(CCCC)cc2)[C@H]1OCC#C. The Kier molecular flexibility index (Phi) is 12.6. The molecule has 0 N–H and O–H groups in total. The summed E-state index contributed by atoms with van der Waals surface area (Å²) in [4.78, 5) is 0. The van der Waals surface area contributed by atoms with E-state index in [-0.39, 0.29) is 26.4 Å². The van der Waals surface area contributed by atoms with E-state index in [1.54, 1.807) is 0 Å². The molecule has 0 amide bonds. The summed E-state index contributed by atoms with van der Waals surface area (Å²) >= 11 is 0. The van der Waals surface area contributed by atoms with Gasteiger partial charge in [0, 0.05) is 7.11 Å². The monoisotopic (exact) mass is 454 g/mol. The molecular weight excluding hydrogens is 420 g/mol. The van der Waals surface area contributed by atoms with Gasteiger partial charge in [-0.2, -0.15) is 0 Å². The standard InChI is InChI=1S/C27H34O6/c1-6-10-11-21-12-14-22(15-13-21)19-29-20-23-24(30-16-7-2)25(31-17-8-3)26(32-18-9-4)27(28-5)33-23/h2-4,12-15,23-27H,6,10-11,16-20H2,1,5H3/t23-,24-,25+,26+,27+/m1/s1. The van der Waals surface area contributed by atoms with E-state index >= 15 is 0 Å². The zero-order valence-corrected chi connectivity index (χ0v) is 19.5. The second kappa shape index (κ2) is 15.5. The second-order valence-electron chi connectivity index (χ2n) is 7.65. The molecule has 1 fully saturated rings. The first-order valence-corrected chi connectivity index (χ1v) is 11.2. The van der Waals surface area contributed by atoms with Crippen LogP contribution in [0.2, 0.25) is 0 Å². The number of hydrogen-bond donors (Lipinski definition) is 0. The third-order valence-electron chi connectivity index (χ3n) is 5.29. The molecule has 6 heteroatoms. The van der Waals surface area contributed by atoms with E-state index in [9.17, 15) is 0 Å². The highest BCUT2D eigenvalue weighted by Crippen LogP contribution is 2.29. The Bertz CT molecular complexity index is 800. The average Bonchev–Trinajstić information content (AvgIpc) is 2.84. The molecular formula is C27H34O6. The molecule has 0 spiro atoms. The molecule has 1 aliphatic rings. The summed E-state index contributed by atoms with van der Waals surface area (Å²) in [6.07, 6.45) is 16.6. The number of rotatable bonds is 14. The van der Waals surface area contributed by atoms with Crippen molar-refractivity contribution in [1.29, 1.82) is 0 Å². The molecule has 178 valence electrons. The Hall–Kier alpha value is -2.34. The summed E-state index contributed by atoms with van der Waals surface area (Å²) in [6, 6.07) is 8.45. The summed E-state index contributed by atoms with van der Waals surface area (Å²) in [5, 5.41) is 0. The van der Waals surface area contributed by atoms with Crippen molar-refractivity contribution in [3.63, 3.8) is 0 Å². The van der Waals surface area contributed by atoms with Crippen molar-refractivity contribution in [1.82, 2.24) is 0 Å². The van der Waals surface area contributed by atoms with Gasteiger partial charge in [-0.15, -0.1) is 19.3 Å². The van der Waals surface area contributed by atoms with Gasteiger partial charge >= 0.3 is 0 Å². The fourth-order valence-electron chi connectivity index (χ4n) is 3.68. The Labute approximate surface area is 198 Å². The van der Waals surface area contributed by atoms with E-state index in [0.717, 1.165) is 12.0 Å². The topological polar surface area (TPSA) is 55.4 Å². The van der Waals surface area contributed by atoms with Crippen molar-refractivity contribution in [2.45, 2.75) is 63.5 Å². The first-order valence-electron chi connectivity index (χ1n) is 11.2. The summed E-state index contributed by atoms with van der Waals surface area (Å²) in [7, 11) is 1.52. The van der Waals surface area contributed by atoms with E-state index in [1.165, 1.54) is 25.5 Å². The van der Waals surface area contributed by atoms with Crippen LogP contribution >= 0.6 is 0 Å². The smallest absolute Gasteiger partial charge is 0.186 e. The van der Waals surface area contributed by atoms with Gasteiger partial charge in [0.05, 0.1) is 13.2 Å². The van der Waals surface area contributed by atoms with Gasteiger partial charge in [-0.25, -0.2) is 0 Å². The third-order valence-corrected chi connectivity index (χ3v) is 5.29. The Morgan fingerprint density at radius 1 is 0.848 bits per heavy atom. The zero-order valence-electron chi connectivity index (χ0n) is 19.5. The molecule has 5 atom stereocenters. The molecule has 0 unspecified atom stereocenters. The lowest BCUT2D eigenvalue weighted by Gasteiger charge is -2.44. The molecule has 1 aliphatic heterocycles. The van der Waals surface area contributed by atoms with E-state index in [2.05, 4.69) is 49.0 Å². The molecule has 1 aromatic carbocycles. The summed E-state index contributed by atoms with van der Waals surface area (Å²) in [5.74, 6) is 7.40. The molecule has 0 aliphatic carbocycles. The Morgan fingerprint density at radius 3 is 2.00 bits per heavy atom. The lowest BCUT2D eigenvalue weighted by Crippen LogP contribution is -2.61. The van der Waals surface area contributed by atoms with E-state index < -0.39 is 30.7 Å². The molecule has 0 bridgehead atoms. The molecule has 0 saturated carbocycles. The minimum Gasteiger partial charge on any atom is -0.374 e. The van der Waals surface area contributed by atoms with Crippen LogP contribution < -0.4 is 0 Å². The first-order chi connectivity index (χ1) is 16.2. The van der Waals surface area contributed by atoms with Crippen LogP contribution in [0.15, 0.2) is 24.3 Å². The van der Waals surface area contributed by atoms with Crippen LogP contribution in [0, 0.1) is 37.0 Å². The van der Waals surface area contributed by atoms with Crippen molar-refractivity contribution in [3.05, 3.63) is 35.4 Å². The van der Waals surface area contributed by atoms with Crippen LogP contribution in [0.3, 0.4) is 0 Å². The zero-order chi connectivity index (χ0) is 23.9. The van der Waals surface area contributed by atoms with Crippen LogP contribution in [-0.2, 0) is 41.4 Å². The largest absolute Gasteiger partial charge is 0.374 e. The third kappa shape index (κ3) is 8.50. The predicted molar refractivity (Wildman–Crippen MR) is 126 cm³/mol. The Balaban J connectivity index is 2.08. The number of terminal acetylenes is 3.